The maximum absolute atomic E-state index is 13.2. The van der Waals surface area contributed by atoms with Gasteiger partial charge in [-0.25, -0.2) is 0 Å². The number of nitrogens with zero attached hydrogens (tertiary/aromatic N) is 2. The van der Waals surface area contributed by atoms with Crippen LogP contribution in [-0.2, 0) is 0 Å². The molecular weight excluding hydrogens is 481 g/mol. The highest BCUT2D eigenvalue weighted by molar-refractivity contribution is 6.34. The molecular formula is C28H31Cl2N3O2. The number of furan rings is 1. The zero-order valence-electron chi connectivity index (χ0n) is 20.1. The molecule has 1 saturated heterocycles. The van der Waals surface area contributed by atoms with Crippen LogP contribution in [0.2, 0.25) is 5.02 Å². The number of nitrogens with one attached hydrogen (secondary N) is 1. The topological polar surface area (TPSA) is 48.7 Å². The van der Waals surface area contributed by atoms with Gasteiger partial charge in [-0.05, 0) is 49.2 Å². The maximum Gasteiger partial charge on any atom is 0.252 e. The zero-order valence-corrected chi connectivity index (χ0v) is 21.7. The second-order valence-electron chi connectivity index (χ2n) is 9.02. The molecule has 0 saturated carbocycles. The van der Waals surface area contributed by atoms with Crippen LogP contribution in [0.1, 0.15) is 35.7 Å². The summed E-state index contributed by atoms with van der Waals surface area (Å²) in [5.41, 5.74) is 4.49. The molecule has 1 aliphatic rings. The number of para-hydroxylation sites is 1. The predicted octanol–water partition coefficient (Wildman–Crippen LogP) is 6.65. The number of benzene rings is 3. The first-order valence-electron chi connectivity index (χ1n) is 12.0. The highest BCUT2D eigenvalue weighted by Gasteiger charge is 2.26. The van der Waals surface area contributed by atoms with Crippen LogP contribution in [0.5, 0.6) is 0 Å². The first kappa shape index (κ1) is 25.4. The Morgan fingerprint density at radius 2 is 1.74 bits per heavy atom. The van der Waals surface area contributed by atoms with Crippen LogP contribution in [0.4, 0.5) is 5.69 Å². The Kier molecular flexibility index (Phi) is 7.90. The molecule has 5 nitrogen and oxygen atoms in total. The minimum Gasteiger partial charge on any atom is -0.456 e. The summed E-state index contributed by atoms with van der Waals surface area (Å²) in [4.78, 5) is 18.0. The third kappa shape index (κ3) is 5.13. The van der Waals surface area contributed by atoms with Crippen LogP contribution in [0.15, 0.2) is 65.1 Å². The fourth-order valence-electron chi connectivity index (χ4n) is 4.87. The van der Waals surface area contributed by atoms with Gasteiger partial charge in [0.15, 0.2) is 0 Å². The summed E-state index contributed by atoms with van der Waals surface area (Å²) in [6, 6.07) is 19.8. The second kappa shape index (κ2) is 10.9. The minimum atomic E-state index is -0.0465. The Morgan fingerprint density at radius 1 is 1.00 bits per heavy atom. The van der Waals surface area contributed by atoms with Crippen molar-refractivity contribution in [2.75, 3.05) is 31.1 Å². The number of amides is 1. The van der Waals surface area contributed by atoms with Gasteiger partial charge in [-0.15, -0.1) is 12.4 Å². The molecule has 0 radical (unpaired) electrons. The summed E-state index contributed by atoms with van der Waals surface area (Å²) < 4.78 is 5.91. The molecule has 1 amide bonds. The third-order valence-corrected chi connectivity index (χ3v) is 7.26. The quantitative estimate of drug-likeness (QED) is 0.314. The number of halogens is 2. The van der Waals surface area contributed by atoms with E-state index in [1.165, 1.54) is 0 Å². The molecule has 35 heavy (non-hydrogen) atoms. The first-order valence-corrected chi connectivity index (χ1v) is 12.4. The monoisotopic (exact) mass is 511 g/mol. The van der Waals surface area contributed by atoms with Crippen LogP contribution in [0.3, 0.4) is 0 Å². The molecule has 1 atom stereocenters. The third-order valence-electron chi connectivity index (χ3n) is 6.77. The van der Waals surface area contributed by atoms with Crippen molar-refractivity contribution in [2.24, 2.45) is 0 Å². The Balaban J connectivity index is 0.00000289. The number of hydrogen-bond acceptors (Lipinski definition) is 4. The van der Waals surface area contributed by atoms with Crippen LogP contribution >= 0.6 is 24.0 Å². The van der Waals surface area contributed by atoms with Crippen molar-refractivity contribution in [3.8, 4) is 0 Å². The van der Waals surface area contributed by atoms with Gasteiger partial charge in [-0.2, -0.15) is 0 Å². The molecule has 4 aromatic rings. The summed E-state index contributed by atoms with van der Waals surface area (Å²) in [6.45, 7) is 7.71. The SMILES string of the molecule is CCCC(NC(=O)c1ccc2oc3ccccc3c2c1)N1CCN(c2cccc(C)c2Cl)CC1.Cl. The van der Waals surface area contributed by atoms with Crippen LogP contribution < -0.4 is 10.2 Å². The molecule has 0 aliphatic carbocycles. The van der Waals surface area contributed by atoms with Crippen molar-refractivity contribution >= 4 is 57.5 Å². The summed E-state index contributed by atoms with van der Waals surface area (Å²) >= 11 is 6.56. The van der Waals surface area contributed by atoms with Crippen molar-refractivity contribution in [3.63, 3.8) is 0 Å². The van der Waals surface area contributed by atoms with Crippen molar-refractivity contribution in [1.29, 1.82) is 0 Å². The fourth-order valence-corrected chi connectivity index (χ4v) is 5.12. The van der Waals surface area contributed by atoms with E-state index < -0.39 is 0 Å². The van der Waals surface area contributed by atoms with Crippen molar-refractivity contribution < 1.29 is 9.21 Å². The molecule has 0 spiro atoms. The minimum absolute atomic E-state index is 0. The molecule has 1 aromatic heterocycles. The van der Waals surface area contributed by atoms with Crippen molar-refractivity contribution in [1.82, 2.24) is 10.2 Å². The average molecular weight is 512 g/mol. The van der Waals surface area contributed by atoms with Gasteiger partial charge in [0.05, 0.1) is 16.9 Å². The Labute approximate surface area is 217 Å². The van der Waals surface area contributed by atoms with Crippen molar-refractivity contribution in [3.05, 3.63) is 76.8 Å². The molecule has 3 aromatic carbocycles. The number of piperazine rings is 1. The van der Waals surface area contributed by atoms with Gasteiger partial charge in [0.25, 0.3) is 5.91 Å². The summed E-state index contributed by atoms with van der Waals surface area (Å²) in [7, 11) is 0. The largest absolute Gasteiger partial charge is 0.456 e. The average Bonchev–Trinajstić information content (AvgIpc) is 3.23. The lowest BCUT2D eigenvalue weighted by Gasteiger charge is -2.40. The van der Waals surface area contributed by atoms with E-state index in [1.807, 2.05) is 55.5 Å². The number of aryl methyl sites for hydroxylation is 1. The van der Waals surface area contributed by atoms with E-state index in [9.17, 15) is 4.79 Å². The number of carbonyl (C=O) groups excluding carboxylic acids is 1. The number of carbonyl (C=O) groups is 1. The van der Waals surface area contributed by atoms with Gasteiger partial charge in [-0.3, -0.25) is 9.69 Å². The van der Waals surface area contributed by atoms with Gasteiger partial charge < -0.3 is 14.6 Å². The van der Waals surface area contributed by atoms with E-state index >= 15 is 0 Å². The van der Waals surface area contributed by atoms with Crippen LogP contribution in [0.25, 0.3) is 21.9 Å². The van der Waals surface area contributed by atoms with Gasteiger partial charge in [0, 0.05) is 42.5 Å². The lowest BCUT2D eigenvalue weighted by Crippen LogP contribution is -2.56. The zero-order chi connectivity index (χ0) is 23.7. The normalized spacial score (nSPS) is 15.2. The Morgan fingerprint density at radius 3 is 2.51 bits per heavy atom. The maximum atomic E-state index is 13.2. The smallest absolute Gasteiger partial charge is 0.252 e. The van der Waals surface area contributed by atoms with Crippen molar-refractivity contribution in [2.45, 2.75) is 32.9 Å². The van der Waals surface area contributed by atoms with Crippen LogP contribution in [-0.4, -0.2) is 43.2 Å². The van der Waals surface area contributed by atoms with E-state index in [1.54, 1.807) is 0 Å². The lowest BCUT2D eigenvalue weighted by molar-refractivity contribution is 0.0824. The Hall–Kier alpha value is -2.73. The lowest BCUT2D eigenvalue weighted by atomic mass is 10.1. The number of rotatable bonds is 6. The number of anilines is 1. The standard InChI is InChI=1S/C28H30ClN3O2.ClH/c1-3-7-26(32-16-14-31(15-17-32)23-10-6-8-19(2)27(23)29)30-28(33)20-12-13-25-22(18-20)21-9-4-5-11-24(21)34-25;/h4-6,8-13,18,26H,3,7,14-17H2,1-2H3,(H,30,33);1H. The molecule has 1 unspecified atom stereocenters. The van der Waals surface area contributed by atoms with Gasteiger partial charge in [-0.1, -0.05) is 55.3 Å². The number of fused-ring (bicyclic) bond motifs is 3. The van der Waals surface area contributed by atoms with E-state index in [0.29, 0.717) is 5.56 Å². The summed E-state index contributed by atoms with van der Waals surface area (Å²) in [6.07, 6.45) is 1.91. The second-order valence-corrected chi connectivity index (χ2v) is 9.40. The van der Waals surface area contributed by atoms with E-state index in [4.69, 9.17) is 16.0 Å². The first-order chi connectivity index (χ1) is 16.5. The molecule has 1 fully saturated rings. The molecule has 1 aliphatic heterocycles. The number of hydrogen-bond donors (Lipinski definition) is 1. The molecule has 184 valence electrons. The van der Waals surface area contributed by atoms with Crippen LogP contribution in [0, 0.1) is 6.92 Å². The summed E-state index contributed by atoms with van der Waals surface area (Å²) in [5.74, 6) is -0.0465. The van der Waals surface area contributed by atoms with Gasteiger partial charge >= 0.3 is 0 Å². The molecule has 5 rings (SSSR count). The highest BCUT2D eigenvalue weighted by Crippen LogP contribution is 2.31. The molecule has 1 N–H and O–H groups in total. The Bertz CT molecular complexity index is 1330. The van der Waals surface area contributed by atoms with Gasteiger partial charge in [0.1, 0.15) is 11.2 Å². The van der Waals surface area contributed by atoms with E-state index in [0.717, 1.165) is 77.2 Å². The van der Waals surface area contributed by atoms with E-state index in [2.05, 4.69) is 34.2 Å². The molecule has 0 bridgehead atoms. The summed E-state index contributed by atoms with van der Waals surface area (Å²) in [5, 5.41) is 6.13. The highest BCUT2D eigenvalue weighted by atomic mass is 35.5. The van der Waals surface area contributed by atoms with E-state index in [-0.39, 0.29) is 24.5 Å². The fraction of sp³-hybridized carbons (Fsp3) is 0.321. The molecule has 2 heterocycles. The predicted molar refractivity (Wildman–Crippen MR) is 147 cm³/mol. The van der Waals surface area contributed by atoms with Gasteiger partial charge in [0.2, 0.25) is 0 Å². The molecule has 7 heteroatoms.